The Bertz CT molecular complexity index is 655. The van der Waals surface area contributed by atoms with Crippen LogP contribution in [0.1, 0.15) is 12.8 Å². The Morgan fingerprint density at radius 3 is 2.71 bits per heavy atom. The smallest absolute Gasteiger partial charge is 0.442 e. The number of alkyl halides is 3. The Balaban J connectivity index is 1.85. The lowest BCUT2D eigenvalue weighted by atomic mass is 10.2. The molecule has 1 aromatic rings. The zero-order valence-electron chi connectivity index (χ0n) is 12.1. The summed E-state index contributed by atoms with van der Waals surface area (Å²) in [6, 6.07) is 4.59. The van der Waals surface area contributed by atoms with Gasteiger partial charge in [0.25, 0.3) is 5.72 Å². The van der Waals surface area contributed by atoms with Crippen LogP contribution in [0.15, 0.2) is 30.5 Å². The first-order valence-corrected chi connectivity index (χ1v) is 7.54. The second-order valence-corrected chi connectivity index (χ2v) is 5.79. The zero-order valence-corrected chi connectivity index (χ0v) is 13.6. The van der Waals surface area contributed by atoms with Crippen molar-refractivity contribution >= 4 is 29.1 Å². The average molecular weight is 385 g/mol. The zero-order chi connectivity index (χ0) is 18.0. The summed E-state index contributed by atoms with van der Waals surface area (Å²) in [6.07, 6.45) is -3.83. The molecule has 1 aliphatic rings. The van der Waals surface area contributed by atoms with Gasteiger partial charge in [0.1, 0.15) is 5.75 Å². The molecule has 0 aromatic heterocycles. The molecule has 1 aromatic carbocycles. The fourth-order valence-corrected chi connectivity index (χ4v) is 2.46. The monoisotopic (exact) mass is 384 g/mol. The molecule has 0 saturated heterocycles. The Morgan fingerprint density at radius 1 is 1.38 bits per heavy atom. The fraction of sp³-hybridized carbons (Fsp3) is 0.357. The Hall–Kier alpha value is -1.64. The van der Waals surface area contributed by atoms with Crippen molar-refractivity contribution in [1.82, 2.24) is 10.4 Å². The first-order valence-electron chi connectivity index (χ1n) is 6.79. The maximum Gasteiger partial charge on any atom is 0.442 e. The van der Waals surface area contributed by atoms with Gasteiger partial charge in [-0.1, -0.05) is 23.2 Å². The second kappa shape index (κ2) is 7.08. The summed E-state index contributed by atoms with van der Waals surface area (Å²) in [5, 5.41) is 10.5. The highest BCUT2D eigenvalue weighted by Crippen LogP contribution is 2.36. The van der Waals surface area contributed by atoms with Gasteiger partial charge in [-0.05, 0) is 30.7 Å². The van der Waals surface area contributed by atoms with Gasteiger partial charge < -0.3 is 15.3 Å². The number of amides is 1. The number of benzene rings is 1. The molecule has 0 unspecified atom stereocenters. The van der Waals surface area contributed by atoms with Crippen molar-refractivity contribution in [3.8, 4) is 5.75 Å². The molecule has 0 saturated carbocycles. The first kappa shape index (κ1) is 18.7. The van der Waals surface area contributed by atoms with Crippen molar-refractivity contribution in [3.05, 3.63) is 40.5 Å². The topological polar surface area (TPSA) is 61.8 Å². The standard InChI is InChI=1S/C14H13Cl2F3N2O3/c15-9-3-4-11(10(16)8-9)24-7-1-2-12(22)21-13(23,5-6-20-21)14(17,18)19/h3-6,8,20,23H,1-2,7H2/t13-/m0/s1. The number of hydrazine groups is 1. The predicted molar refractivity (Wildman–Crippen MR) is 81.3 cm³/mol. The van der Waals surface area contributed by atoms with Crippen LogP contribution in [0.25, 0.3) is 0 Å². The van der Waals surface area contributed by atoms with E-state index in [1.807, 2.05) is 0 Å². The van der Waals surface area contributed by atoms with Crippen LogP contribution in [0.3, 0.4) is 0 Å². The fourth-order valence-electron chi connectivity index (χ4n) is 1.99. The lowest BCUT2D eigenvalue weighted by molar-refractivity contribution is -0.288. The first-order chi connectivity index (χ1) is 11.1. The highest BCUT2D eigenvalue weighted by atomic mass is 35.5. The molecule has 2 N–H and O–H groups in total. The maximum absolute atomic E-state index is 12.9. The molecule has 1 heterocycles. The molecule has 0 bridgehead atoms. The van der Waals surface area contributed by atoms with E-state index in [9.17, 15) is 23.1 Å². The van der Waals surface area contributed by atoms with Crippen LogP contribution >= 0.6 is 23.2 Å². The molecular formula is C14H13Cl2F3N2O3. The van der Waals surface area contributed by atoms with Gasteiger partial charge in [-0.2, -0.15) is 13.2 Å². The number of halogens is 5. The van der Waals surface area contributed by atoms with Crippen LogP contribution in [-0.2, 0) is 4.79 Å². The largest absolute Gasteiger partial charge is 0.492 e. The van der Waals surface area contributed by atoms with Gasteiger partial charge in [0, 0.05) is 17.6 Å². The van der Waals surface area contributed by atoms with E-state index >= 15 is 0 Å². The molecule has 0 fully saturated rings. The normalized spacial score (nSPS) is 20.2. The molecule has 1 aliphatic heterocycles. The van der Waals surface area contributed by atoms with Crippen LogP contribution in [-0.4, -0.2) is 34.5 Å². The molecule has 132 valence electrons. The van der Waals surface area contributed by atoms with Gasteiger partial charge in [0.2, 0.25) is 5.91 Å². The van der Waals surface area contributed by atoms with Crippen molar-refractivity contribution in [2.75, 3.05) is 6.61 Å². The molecule has 2 rings (SSSR count). The van der Waals surface area contributed by atoms with E-state index in [1.54, 1.807) is 12.1 Å². The van der Waals surface area contributed by atoms with Gasteiger partial charge in [0.15, 0.2) is 0 Å². The Kier molecular flexibility index (Phi) is 5.52. The SMILES string of the molecule is O=C(CCCOc1ccc(Cl)cc1Cl)N1NC=C[C@]1(O)C(F)(F)F. The molecule has 5 nitrogen and oxygen atoms in total. The Labute approximate surface area is 145 Å². The number of nitrogens with zero attached hydrogens (tertiary/aromatic N) is 1. The third-order valence-electron chi connectivity index (χ3n) is 3.21. The predicted octanol–water partition coefficient (Wildman–Crippen LogP) is 3.26. The average Bonchev–Trinajstić information content (AvgIpc) is 2.88. The number of nitrogens with one attached hydrogen (secondary N) is 1. The van der Waals surface area contributed by atoms with Crippen molar-refractivity contribution in [2.45, 2.75) is 24.7 Å². The summed E-state index contributed by atoms with van der Waals surface area (Å²) < 4.78 is 43.9. The lowest BCUT2D eigenvalue weighted by Crippen LogP contribution is -2.60. The number of rotatable bonds is 5. The third-order valence-corrected chi connectivity index (χ3v) is 3.74. The van der Waals surface area contributed by atoms with E-state index in [4.69, 9.17) is 27.9 Å². The van der Waals surface area contributed by atoms with Gasteiger partial charge in [-0.25, -0.2) is 5.01 Å². The number of hydrogen-bond acceptors (Lipinski definition) is 4. The van der Waals surface area contributed by atoms with Gasteiger partial charge >= 0.3 is 6.18 Å². The molecule has 1 amide bonds. The Morgan fingerprint density at radius 2 is 2.08 bits per heavy atom. The van der Waals surface area contributed by atoms with Crippen molar-refractivity contribution in [2.24, 2.45) is 0 Å². The van der Waals surface area contributed by atoms with Gasteiger partial charge in [-0.15, -0.1) is 0 Å². The van der Waals surface area contributed by atoms with E-state index < -0.39 is 17.8 Å². The number of hydrogen-bond donors (Lipinski definition) is 2. The molecule has 0 aliphatic carbocycles. The summed E-state index contributed by atoms with van der Waals surface area (Å²) in [5.74, 6) is -0.577. The van der Waals surface area contributed by atoms with Crippen LogP contribution in [0.5, 0.6) is 5.75 Å². The third kappa shape index (κ3) is 3.88. The molecule has 1 atom stereocenters. The van der Waals surface area contributed by atoms with E-state index in [1.165, 1.54) is 6.07 Å². The second-order valence-electron chi connectivity index (χ2n) is 4.94. The quantitative estimate of drug-likeness (QED) is 0.764. The maximum atomic E-state index is 12.9. The highest BCUT2D eigenvalue weighted by molar-refractivity contribution is 6.35. The molecule has 0 radical (unpaired) electrons. The summed E-state index contributed by atoms with van der Waals surface area (Å²) >= 11 is 11.6. The number of carbonyl (C=O) groups excluding carboxylic acids is 1. The molecular weight excluding hydrogens is 372 g/mol. The van der Waals surface area contributed by atoms with Gasteiger partial charge in [-0.3, -0.25) is 4.79 Å². The summed E-state index contributed by atoms with van der Waals surface area (Å²) in [4.78, 5) is 11.9. The lowest BCUT2D eigenvalue weighted by Gasteiger charge is -2.33. The molecule has 10 heteroatoms. The van der Waals surface area contributed by atoms with E-state index in [2.05, 4.69) is 5.43 Å². The van der Waals surface area contributed by atoms with Crippen molar-refractivity contribution in [3.63, 3.8) is 0 Å². The van der Waals surface area contributed by atoms with Crippen LogP contribution in [0, 0.1) is 0 Å². The van der Waals surface area contributed by atoms with Crippen LogP contribution in [0.2, 0.25) is 10.0 Å². The van der Waals surface area contributed by atoms with Crippen LogP contribution in [0.4, 0.5) is 13.2 Å². The summed E-state index contributed by atoms with van der Waals surface area (Å²) in [6.45, 7) is 0.0544. The summed E-state index contributed by atoms with van der Waals surface area (Å²) in [5.41, 5.74) is -1.27. The number of carbonyl (C=O) groups is 1. The van der Waals surface area contributed by atoms with E-state index in [-0.39, 0.29) is 29.5 Å². The number of ether oxygens (including phenoxy) is 1. The summed E-state index contributed by atoms with van der Waals surface area (Å²) in [7, 11) is 0. The molecule has 0 spiro atoms. The van der Waals surface area contributed by atoms with Crippen molar-refractivity contribution < 1.29 is 27.8 Å². The highest BCUT2D eigenvalue weighted by Gasteiger charge is 2.60. The minimum atomic E-state index is -5.02. The van der Waals surface area contributed by atoms with Gasteiger partial charge in [0.05, 0.1) is 11.6 Å². The van der Waals surface area contributed by atoms with E-state index in [0.717, 1.165) is 6.20 Å². The number of aliphatic hydroxyl groups is 1. The minimum Gasteiger partial charge on any atom is -0.492 e. The minimum absolute atomic E-state index is 0.0544. The van der Waals surface area contributed by atoms with E-state index in [0.29, 0.717) is 16.8 Å². The van der Waals surface area contributed by atoms with Crippen LogP contribution < -0.4 is 10.2 Å². The van der Waals surface area contributed by atoms with Crippen molar-refractivity contribution in [1.29, 1.82) is 0 Å². The molecule has 24 heavy (non-hydrogen) atoms.